The molecule has 1 saturated carbocycles. The molecule has 2 atom stereocenters. The van der Waals surface area contributed by atoms with Crippen LogP contribution < -0.4 is 10.6 Å². The van der Waals surface area contributed by atoms with Crippen LogP contribution in [-0.4, -0.2) is 16.1 Å². The second-order valence-electron chi connectivity index (χ2n) is 7.57. The molecule has 0 aliphatic heterocycles. The summed E-state index contributed by atoms with van der Waals surface area (Å²) in [4.78, 5) is 25.5. The van der Waals surface area contributed by atoms with E-state index in [4.69, 9.17) is 46.4 Å². The van der Waals surface area contributed by atoms with Crippen LogP contribution in [0, 0.1) is 23.4 Å². The zero-order chi connectivity index (χ0) is 24.8. The zero-order valence-electron chi connectivity index (χ0n) is 16.8. The highest BCUT2D eigenvalue weighted by Crippen LogP contribution is 2.65. The van der Waals surface area contributed by atoms with Crippen molar-refractivity contribution in [2.75, 3.05) is 10.6 Å². The molecule has 1 aliphatic rings. The highest BCUT2D eigenvalue weighted by atomic mass is 35.5. The van der Waals surface area contributed by atoms with E-state index in [1.165, 1.54) is 30.3 Å². The molecule has 4 nitrogen and oxygen atoms in total. The zero-order valence-corrected chi connectivity index (χ0v) is 19.8. The molecular formula is C23H13Cl4F3N2O2. The van der Waals surface area contributed by atoms with Gasteiger partial charge in [-0.1, -0.05) is 29.3 Å². The average Bonchev–Trinajstić information content (AvgIpc) is 3.35. The Hall–Kier alpha value is -2.45. The second-order valence-corrected chi connectivity index (χ2v) is 9.82. The minimum absolute atomic E-state index is 0.0345. The Labute approximate surface area is 211 Å². The van der Waals surface area contributed by atoms with Crippen LogP contribution in [0.1, 0.15) is 21.8 Å². The Morgan fingerprint density at radius 2 is 1.56 bits per heavy atom. The molecule has 2 N–H and O–H groups in total. The first-order chi connectivity index (χ1) is 16.0. The Kier molecular flexibility index (Phi) is 6.75. The van der Waals surface area contributed by atoms with Crippen LogP contribution in [0.25, 0.3) is 0 Å². The smallest absolute Gasteiger partial charge is 0.257 e. The SMILES string of the molecule is O=C(Nc1ccc(F)cc1F)c1cc(NC(=O)C2C(c3ccc(F)c(Cl)c3)C2(Cl)Cl)ccc1Cl. The van der Waals surface area contributed by atoms with Crippen LogP contribution in [-0.2, 0) is 4.79 Å². The number of carbonyl (C=O) groups excluding carboxylic acids is 2. The quantitative estimate of drug-likeness (QED) is 0.332. The predicted octanol–water partition coefficient (Wildman–Crippen LogP) is 7.19. The van der Waals surface area contributed by atoms with Crippen molar-refractivity contribution in [3.63, 3.8) is 0 Å². The number of anilines is 2. The Morgan fingerprint density at radius 3 is 2.24 bits per heavy atom. The number of nitrogens with one attached hydrogen (secondary N) is 2. The Bertz CT molecular complexity index is 1320. The molecule has 1 aliphatic carbocycles. The summed E-state index contributed by atoms with van der Waals surface area (Å²) in [6.07, 6.45) is 0. The number of hydrogen-bond donors (Lipinski definition) is 2. The van der Waals surface area contributed by atoms with Crippen molar-refractivity contribution in [2.45, 2.75) is 10.3 Å². The number of halogens is 7. The summed E-state index contributed by atoms with van der Waals surface area (Å²) in [6.45, 7) is 0. The summed E-state index contributed by atoms with van der Waals surface area (Å²) in [6, 6.07) is 10.7. The number of amides is 2. The molecule has 0 aromatic heterocycles. The molecule has 4 rings (SSSR count). The summed E-state index contributed by atoms with van der Waals surface area (Å²) in [5, 5.41) is 4.82. The van der Waals surface area contributed by atoms with Crippen molar-refractivity contribution in [1.82, 2.24) is 0 Å². The van der Waals surface area contributed by atoms with Gasteiger partial charge in [0.1, 0.15) is 21.8 Å². The van der Waals surface area contributed by atoms with Gasteiger partial charge in [0.2, 0.25) is 5.91 Å². The average molecular weight is 548 g/mol. The molecule has 2 unspecified atom stereocenters. The van der Waals surface area contributed by atoms with Crippen LogP contribution in [0.3, 0.4) is 0 Å². The fourth-order valence-corrected chi connectivity index (χ4v) is 4.77. The van der Waals surface area contributed by atoms with Crippen LogP contribution in [0.2, 0.25) is 10.0 Å². The number of hydrogen-bond acceptors (Lipinski definition) is 2. The molecule has 34 heavy (non-hydrogen) atoms. The van der Waals surface area contributed by atoms with E-state index in [1.807, 2.05) is 0 Å². The van der Waals surface area contributed by atoms with Crippen molar-refractivity contribution in [3.05, 3.63) is 93.2 Å². The van der Waals surface area contributed by atoms with Gasteiger partial charge < -0.3 is 10.6 Å². The van der Waals surface area contributed by atoms with Gasteiger partial charge in [0.05, 0.1) is 27.2 Å². The normalized spacial score (nSPS) is 18.3. The van der Waals surface area contributed by atoms with Gasteiger partial charge in [-0.25, -0.2) is 13.2 Å². The molecule has 176 valence electrons. The standard InChI is InChI=1S/C23H13Cl4F3N2O2/c24-14-4-3-12(9-13(14)21(33)32-18-6-2-11(28)8-17(18)30)31-22(34)20-19(23(20,26)27)10-1-5-16(29)15(25)7-10/h1-9,19-20H,(H,31,34)(H,32,33). The van der Waals surface area contributed by atoms with Gasteiger partial charge in [-0.05, 0) is 48.0 Å². The molecule has 3 aromatic carbocycles. The first-order valence-electron chi connectivity index (χ1n) is 9.68. The second kappa shape index (κ2) is 9.30. The first-order valence-corrected chi connectivity index (χ1v) is 11.2. The Balaban J connectivity index is 1.51. The fraction of sp³-hybridized carbons (Fsp3) is 0.130. The van der Waals surface area contributed by atoms with Crippen LogP contribution in [0.15, 0.2) is 54.6 Å². The molecule has 1 fully saturated rings. The summed E-state index contributed by atoms with van der Waals surface area (Å²) in [7, 11) is 0. The van der Waals surface area contributed by atoms with Crippen LogP contribution in [0.4, 0.5) is 24.5 Å². The molecule has 0 spiro atoms. The topological polar surface area (TPSA) is 58.2 Å². The maximum absolute atomic E-state index is 13.9. The molecule has 0 heterocycles. The maximum atomic E-state index is 13.9. The van der Waals surface area contributed by atoms with E-state index >= 15 is 0 Å². The van der Waals surface area contributed by atoms with Crippen LogP contribution >= 0.6 is 46.4 Å². The molecule has 11 heteroatoms. The number of alkyl halides is 2. The first kappa shape index (κ1) is 24.7. The third-order valence-corrected chi connectivity index (χ3v) is 6.86. The minimum atomic E-state index is -1.45. The van der Waals surface area contributed by atoms with Gasteiger partial charge in [0.15, 0.2) is 0 Å². The van der Waals surface area contributed by atoms with E-state index in [1.54, 1.807) is 0 Å². The largest absolute Gasteiger partial charge is 0.326 e. The van der Waals surface area contributed by atoms with Crippen molar-refractivity contribution in [1.29, 1.82) is 0 Å². The van der Waals surface area contributed by atoms with Gasteiger partial charge in [-0.2, -0.15) is 0 Å². The van der Waals surface area contributed by atoms with E-state index in [2.05, 4.69) is 10.6 Å². The maximum Gasteiger partial charge on any atom is 0.257 e. The summed E-state index contributed by atoms with van der Waals surface area (Å²) in [5.74, 6) is -5.21. The van der Waals surface area contributed by atoms with Crippen molar-refractivity contribution in [3.8, 4) is 0 Å². The number of rotatable bonds is 5. The summed E-state index contributed by atoms with van der Waals surface area (Å²) in [5.41, 5.74) is 0.383. The van der Waals surface area contributed by atoms with E-state index in [9.17, 15) is 22.8 Å². The van der Waals surface area contributed by atoms with E-state index in [-0.39, 0.29) is 27.0 Å². The highest BCUT2D eigenvalue weighted by molar-refractivity contribution is 6.53. The number of benzene rings is 3. The lowest BCUT2D eigenvalue weighted by atomic mass is 10.1. The lowest BCUT2D eigenvalue weighted by Crippen LogP contribution is -2.18. The molecule has 0 bridgehead atoms. The summed E-state index contributed by atoms with van der Waals surface area (Å²) >= 11 is 24.5. The third-order valence-electron chi connectivity index (χ3n) is 5.30. The van der Waals surface area contributed by atoms with Gasteiger partial charge in [-0.15, -0.1) is 23.2 Å². The van der Waals surface area contributed by atoms with Crippen molar-refractivity contribution < 1.29 is 22.8 Å². The number of carbonyl (C=O) groups is 2. The monoisotopic (exact) mass is 546 g/mol. The van der Waals surface area contributed by atoms with Gasteiger partial charge in [0.25, 0.3) is 5.91 Å². The highest BCUT2D eigenvalue weighted by Gasteiger charge is 2.67. The molecule has 3 aromatic rings. The lowest BCUT2D eigenvalue weighted by Gasteiger charge is -2.11. The minimum Gasteiger partial charge on any atom is -0.326 e. The van der Waals surface area contributed by atoms with Gasteiger partial charge in [-0.3, -0.25) is 9.59 Å². The third kappa shape index (κ3) is 4.84. The Morgan fingerprint density at radius 1 is 0.824 bits per heavy atom. The molecule has 0 radical (unpaired) electrons. The van der Waals surface area contributed by atoms with E-state index in [0.29, 0.717) is 11.6 Å². The van der Waals surface area contributed by atoms with Crippen molar-refractivity contribution in [2.24, 2.45) is 5.92 Å². The van der Waals surface area contributed by atoms with Gasteiger partial charge in [0, 0.05) is 17.7 Å². The molecule has 2 amide bonds. The molecule has 0 saturated heterocycles. The van der Waals surface area contributed by atoms with Crippen molar-refractivity contribution >= 4 is 69.6 Å². The van der Waals surface area contributed by atoms with Gasteiger partial charge >= 0.3 is 0 Å². The van der Waals surface area contributed by atoms with Crippen LogP contribution in [0.5, 0.6) is 0 Å². The molecular weight excluding hydrogens is 535 g/mol. The predicted molar refractivity (Wildman–Crippen MR) is 126 cm³/mol. The summed E-state index contributed by atoms with van der Waals surface area (Å²) < 4.78 is 39.0. The fourth-order valence-electron chi connectivity index (χ4n) is 3.55. The van der Waals surface area contributed by atoms with E-state index in [0.717, 1.165) is 18.2 Å². The lowest BCUT2D eigenvalue weighted by molar-refractivity contribution is -0.117. The van der Waals surface area contributed by atoms with E-state index < -0.39 is 45.4 Å².